The van der Waals surface area contributed by atoms with Gasteiger partial charge in [-0.25, -0.2) is 4.79 Å². The van der Waals surface area contributed by atoms with Gasteiger partial charge in [0.25, 0.3) is 10.1 Å². The third-order valence-corrected chi connectivity index (χ3v) is 2.54. The van der Waals surface area contributed by atoms with Gasteiger partial charge in [-0.2, -0.15) is 8.42 Å². The van der Waals surface area contributed by atoms with Crippen LogP contribution < -0.4 is 0 Å². The fourth-order valence-electron chi connectivity index (χ4n) is 1.05. The highest BCUT2D eigenvalue weighted by atomic mass is 32.2. The molecule has 0 aromatic heterocycles. The molecule has 0 aliphatic heterocycles. The van der Waals surface area contributed by atoms with E-state index in [4.69, 9.17) is 15.2 Å². The third-order valence-electron chi connectivity index (χ3n) is 1.65. The van der Waals surface area contributed by atoms with Crippen molar-refractivity contribution in [2.45, 2.75) is 4.90 Å². The van der Waals surface area contributed by atoms with Gasteiger partial charge >= 0.3 is 5.97 Å². The first kappa shape index (κ1) is 12.0. The summed E-state index contributed by atoms with van der Waals surface area (Å²) in [7, 11) is -4.64. The summed E-state index contributed by atoms with van der Waals surface area (Å²) >= 11 is 0. The summed E-state index contributed by atoms with van der Waals surface area (Å²) in [4.78, 5) is 12.3. The van der Waals surface area contributed by atoms with Gasteiger partial charge in [0.05, 0.1) is 11.3 Å². The highest BCUT2D eigenvalue weighted by Gasteiger charge is 2.20. The van der Waals surface area contributed by atoms with Crippen molar-refractivity contribution in [2.75, 3.05) is 0 Å². The van der Waals surface area contributed by atoms with Crippen LogP contribution >= 0.6 is 0 Å². The maximum atomic E-state index is 10.9. The van der Waals surface area contributed by atoms with Crippen LogP contribution in [0.1, 0.15) is 10.4 Å². The first-order valence-corrected chi connectivity index (χ1v) is 5.21. The minimum Gasteiger partial charge on any atom is -0.478 e. The molecule has 0 aliphatic carbocycles. The lowest BCUT2D eigenvalue weighted by Crippen LogP contribution is -2.03. The minimum atomic E-state index is -4.64. The van der Waals surface area contributed by atoms with Crippen LogP contribution in [0.5, 0.6) is 0 Å². The maximum Gasteiger partial charge on any atom is 0.336 e. The Bertz CT molecular complexity index is 588. The largest absolute Gasteiger partial charge is 0.478 e. The molecule has 84 valence electrons. The maximum absolute atomic E-state index is 10.9. The Morgan fingerprint density at radius 3 is 2.50 bits per heavy atom. The molecule has 0 fully saturated rings. The molecule has 0 spiro atoms. The van der Waals surface area contributed by atoms with Crippen LogP contribution in [-0.2, 0) is 10.1 Å². The topological polar surface area (TPSA) is 140 Å². The summed E-state index contributed by atoms with van der Waals surface area (Å²) in [6.07, 6.45) is 0. The molecule has 1 aromatic carbocycles. The van der Waals surface area contributed by atoms with Crippen LogP contribution in [0.25, 0.3) is 10.4 Å². The molecular weight excluding hydrogens is 238 g/mol. The zero-order valence-electron chi connectivity index (χ0n) is 7.60. The molecule has 9 heteroatoms. The van der Waals surface area contributed by atoms with Crippen molar-refractivity contribution in [1.82, 2.24) is 0 Å². The molecule has 16 heavy (non-hydrogen) atoms. The Hall–Kier alpha value is -2.09. The summed E-state index contributed by atoms with van der Waals surface area (Å²) in [5.41, 5.74) is 7.06. The van der Waals surface area contributed by atoms with Gasteiger partial charge in [0.15, 0.2) is 0 Å². The fourth-order valence-corrected chi connectivity index (χ4v) is 1.70. The average molecular weight is 243 g/mol. The molecule has 2 N–H and O–H groups in total. The van der Waals surface area contributed by atoms with Gasteiger partial charge in [-0.05, 0) is 17.7 Å². The van der Waals surface area contributed by atoms with E-state index < -0.39 is 32.2 Å². The number of carboxylic acids is 1. The molecule has 0 unspecified atom stereocenters. The minimum absolute atomic E-state index is 0.507. The monoisotopic (exact) mass is 243 g/mol. The van der Waals surface area contributed by atoms with Crippen LogP contribution in [0, 0.1) is 0 Å². The second-order valence-corrected chi connectivity index (χ2v) is 4.01. The van der Waals surface area contributed by atoms with Crippen molar-refractivity contribution in [1.29, 1.82) is 0 Å². The molecule has 0 saturated heterocycles. The summed E-state index contributed by atoms with van der Waals surface area (Å²) in [6.45, 7) is 0. The molecular formula is C7H5N3O5S. The van der Waals surface area contributed by atoms with Crippen molar-refractivity contribution in [3.05, 3.63) is 34.2 Å². The predicted octanol–water partition coefficient (Wildman–Crippen LogP) is 1.57. The quantitative estimate of drug-likeness (QED) is 0.358. The Balaban J connectivity index is 3.71. The van der Waals surface area contributed by atoms with E-state index in [-0.39, 0.29) is 0 Å². The van der Waals surface area contributed by atoms with E-state index in [1.165, 1.54) is 0 Å². The van der Waals surface area contributed by atoms with Gasteiger partial charge < -0.3 is 5.11 Å². The summed E-state index contributed by atoms with van der Waals surface area (Å²) in [5, 5.41) is 11.7. The van der Waals surface area contributed by atoms with E-state index in [9.17, 15) is 13.2 Å². The second-order valence-electron chi connectivity index (χ2n) is 2.62. The number of azide groups is 1. The summed E-state index contributed by atoms with van der Waals surface area (Å²) in [5.74, 6) is -1.46. The molecule has 0 radical (unpaired) electrons. The van der Waals surface area contributed by atoms with E-state index in [0.717, 1.165) is 18.2 Å². The number of carboxylic acid groups (broad SMARTS) is 1. The van der Waals surface area contributed by atoms with Crippen molar-refractivity contribution in [3.8, 4) is 0 Å². The zero-order chi connectivity index (χ0) is 12.3. The van der Waals surface area contributed by atoms with Gasteiger partial charge in [-0.3, -0.25) is 4.55 Å². The number of hydrogen-bond acceptors (Lipinski definition) is 4. The third kappa shape index (κ3) is 2.28. The molecule has 1 aromatic rings. The fraction of sp³-hybridized carbons (Fsp3) is 0. The molecule has 1 rings (SSSR count). The number of aromatic carboxylic acids is 1. The molecule has 0 saturated carbocycles. The number of rotatable bonds is 3. The summed E-state index contributed by atoms with van der Waals surface area (Å²) in [6, 6.07) is 3.11. The van der Waals surface area contributed by atoms with E-state index in [1.54, 1.807) is 0 Å². The number of benzene rings is 1. The average Bonchev–Trinajstić information content (AvgIpc) is 2.16. The standard InChI is InChI=1S/C7H5N3O5S/c8-10-9-6-4(7(11)12)2-1-3-5(6)16(13,14)15/h1-3H,(H,11,12)(H,13,14,15). The van der Waals surface area contributed by atoms with Crippen LogP contribution in [0.15, 0.2) is 28.2 Å². The number of nitrogens with zero attached hydrogens (tertiary/aromatic N) is 3. The van der Waals surface area contributed by atoms with Gasteiger partial charge in [-0.15, -0.1) is 0 Å². The molecule has 0 amide bonds. The zero-order valence-corrected chi connectivity index (χ0v) is 8.42. The molecule has 0 atom stereocenters. The molecule has 0 heterocycles. The SMILES string of the molecule is [N-]=[N+]=Nc1c(C(=O)O)cccc1S(=O)(=O)O. The van der Waals surface area contributed by atoms with Gasteiger partial charge in [0.2, 0.25) is 0 Å². The smallest absolute Gasteiger partial charge is 0.336 e. The lowest BCUT2D eigenvalue weighted by Gasteiger charge is -2.04. The summed E-state index contributed by atoms with van der Waals surface area (Å²) < 4.78 is 30.6. The van der Waals surface area contributed by atoms with Crippen LogP contribution in [0.2, 0.25) is 0 Å². The molecule has 0 bridgehead atoms. The highest BCUT2D eigenvalue weighted by molar-refractivity contribution is 7.86. The lowest BCUT2D eigenvalue weighted by atomic mass is 10.2. The Kier molecular flexibility index (Phi) is 3.14. The van der Waals surface area contributed by atoms with E-state index >= 15 is 0 Å². The second kappa shape index (κ2) is 4.19. The molecule has 0 aliphatic rings. The van der Waals surface area contributed by atoms with Crippen LogP contribution in [0.4, 0.5) is 5.69 Å². The predicted molar refractivity (Wildman–Crippen MR) is 52.0 cm³/mol. The van der Waals surface area contributed by atoms with Gasteiger partial charge in [-0.1, -0.05) is 11.2 Å². The van der Waals surface area contributed by atoms with Crippen molar-refractivity contribution in [2.24, 2.45) is 5.11 Å². The first-order valence-electron chi connectivity index (χ1n) is 3.77. The van der Waals surface area contributed by atoms with E-state index in [2.05, 4.69) is 10.0 Å². The normalized spacial score (nSPS) is 10.6. The lowest BCUT2D eigenvalue weighted by molar-refractivity contribution is 0.0697. The van der Waals surface area contributed by atoms with Crippen LogP contribution in [-0.4, -0.2) is 24.0 Å². The Labute approximate surface area is 89.5 Å². The number of hydrogen-bond donors (Lipinski definition) is 2. The van der Waals surface area contributed by atoms with Crippen molar-refractivity contribution < 1.29 is 22.9 Å². The molecule has 8 nitrogen and oxygen atoms in total. The van der Waals surface area contributed by atoms with Gasteiger partial charge in [0.1, 0.15) is 4.90 Å². The van der Waals surface area contributed by atoms with Crippen molar-refractivity contribution >= 4 is 21.8 Å². The van der Waals surface area contributed by atoms with E-state index in [1.807, 2.05) is 0 Å². The van der Waals surface area contributed by atoms with Crippen LogP contribution in [0.3, 0.4) is 0 Å². The van der Waals surface area contributed by atoms with E-state index in [0.29, 0.717) is 0 Å². The first-order chi connectivity index (χ1) is 7.38. The van der Waals surface area contributed by atoms with Crippen molar-refractivity contribution in [3.63, 3.8) is 0 Å². The van der Waals surface area contributed by atoms with Gasteiger partial charge in [0, 0.05) is 4.91 Å². The Morgan fingerprint density at radius 2 is 2.06 bits per heavy atom. The Morgan fingerprint density at radius 1 is 1.44 bits per heavy atom. The number of carbonyl (C=O) groups is 1. The highest BCUT2D eigenvalue weighted by Crippen LogP contribution is 2.28.